The van der Waals surface area contributed by atoms with Gasteiger partial charge in [0, 0.05) is 11.1 Å². The van der Waals surface area contributed by atoms with Crippen LogP contribution >= 0.6 is 0 Å². The molecule has 34 heavy (non-hydrogen) atoms. The topological polar surface area (TPSA) is 55.8 Å². The van der Waals surface area contributed by atoms with Gasteiger partial charge in [-0.3, -0.25) is 0 Å². The summed E-state index contributed by atoms with van der Waals surface area (Å²) in [5.74, 6) is 3.71. The molecule has 1 N–H and O–H groups in total. The number of hydrogen-bond donors (Lipinski definition) is 1. The van der Waals surface area contributed by atoms with E-state index in [1.54, 1.807) is 6.92 Å². The van der Waals surface area contributed by atoms with E-state index in [-0.39, 0.29) is 19.8 Å². The van der Waals surface area contributed by atoms with Crippen LogP contribution in [0.4, 0.5) is 0 Å². The molecular formula is C30H46O4. The molecule has 0 aliphatic heterocycles. The van der Waals surface area contributed by atoms with Crippen LogP contribution in [-0.2, 0) is 16.1 Å². The van der Waals surface area contributed by atoms with Gasteiger partial charge in [0.25, 0.3) is 0 Å². The highest BCUT2D eigenvalue weighted by atomic mass is 16.6. The van der Waals surface area contributed by atoms with Crippen molar-refractivity contribution in [2.75, 3.05) is 13.2 Å². The first kappa shape index (κ1) is 26.8. The molecule has 0 spiro atoms. The molecule has 2 aliphatic rings. The number of unbranched alkanes of at least 4 members (excludes halogenated alkanes) is 2. The third kappa shape index (κ3) is 7.86. The van der Waals surface area contributed by atoms with Gasteiger partial charge in [-0.1, -0.05) is 64.2 Å². The summed E-state index contributed by atoms with van der Waals surface area (Å²) in [6.07, 6.45) is 16.6. The Hall–Kier alpha value is -1.81. The maximum Gasteiger partial charge on any atom is 0.333 e. The third-order valence-electron chi connectivity index (χ3n) is 8.20. The van der Waals surface area contributed by atoms with Gasteiger partial charge in [-0.05, 0) is 80.8 Å². The molecule has 0 amide bonds. The lowest BCUT2D eigenvalue weighted by atomic mass is 9.68. The first-order chi connectivity index (χ1) is 16.5. The number of carbonyl (C=O) groups is 1. The van der Waals surface area contributed by atoms with E-state index in [0.29, 0.717) is 17.2 Å². The van der Waals surface area contributed by atoms with Crippen LogP contribution in [0.1, 0.15) is 108 Å². The van der Waals surface area contributed by atoms with Gasteiger partial charge < -0.3 is 14.6 Å². The van der Waals surface area contributed by atoms with Crippen LogP contribution in [0.25, 0.3) is 0 Å². The van der Waals surface area contributed by atoms with Gasteiger partial charge in [0.1, 0.15) is 19.0 Å². The molecule has 0 aromatic heterocycles. The average molecular weight is 471 g/mol. The van der Waals surface area contributed by atoms with Gasteiger partial charge in [-0.25, -0.2) is 4.79 Å². The summed E-state index contributed by atoms with van der Waals surface area (Å²) in [5, 5.41) is 9.72. The summed E-state index contributed by atoms with van der Waals surface area (Å²) in [7, 11) is 0. The first-order valence-electron chi connectivity index (χ1n) is 13.7. The van der Waals surface area contributed by atoms with Crippen LogP contribution in [0.2, 0.25) is 0 Å². The lowest BCUT2D eigenvalue weighted by molar-refractivity contribution is -0.139. The van der Waals surface area contributed by atoms with Gasteiger partial charge in [0.05, 0.1) is 6.61 Å². The summed E-state index contributed by atoms with van der Waals surface area (Å²) >= 11 is 0. The molecular weight excluding hydrogens is 424 g/mol. The van der Waals surface area contributed by atoms with Gasteiger partial charge in [0.2, 0.25) is 0 Å². The van der Waals surface area contributed by atoms with Crippen molar-refractivity contribution in [3.63, 3.8) is 0 Å². The van der Waals surface area contributed by atoms with Crippen LogP contribution in [0.3, 0.4) is 0 Å². The van der Waals surface area contributed by atoms with Gasteiger partial charge in [-0.2, -0.15) is 0 Å². The Morgan fingerprint density at radius 1 is 1.00 bits per heavy atom. The molecule has 4 heteroatoms. The molecule has 0 bridgehead atoms. The molecule has 3 rings (SSSR count). The second kappa shape index (κ2) is 13.9. The van der Waals surface area contributed by atoms with Crippen molar-refractivity contribution in [3.05, 3.63) is 41.5 Å². The standard InChI is InChI=1S/C30H46O4/c1-4-5-6-7-23-8-10-24(11-9-23)25-12-14-26(15-13-25)27-16-17-28(21-31)29(20-27)33-18-19-34-30(32)22(2)3/h16-17,20,23-26,31H,2,4-15,18-19,21H2,1,3H3. The van der Waals surface area contributed by atoms with Crippen LogP contribution < -0.4 is 4.74 Å². The zero-order valence-corrected chi connectivity index (χ0v) is 21.5. The van der Waals surface area contributed by atoms with Crippen molar-refractivity contribution in [3.8, 4) is 5.75 Å². The van der Waals surface area contributed by atoms with E-state index in [2.05, 4.69) is 25.6 Å². The lowest BCUT2D eigenvalue weighted by Gasteiger charge is -2.38. The molecule has 4 nitrogen and oxygen atoms in total. The summed E-state index contributed by atoms with van der Waals surface area (Å²) < 4.78 is 11.0. The SMILES string of the molecule is C=C(C)C(=O)OCCOc1cc(C2CCC(C3CCC(CCCCC)CC3)CC2)ccc1CO. The van der Waals surface area contributed by atoms with Crippen LogP contribution in [0, 0.1) is 17.8 Å². The molecule has 0 saturated heterocycles. The van der Waals surface area contributed by atoms with Gasteiger partial charge in [-0.15, -0.1) is 0 Å². The molecule has 2 aliphatic carbocycles. The quantitative estimate of drug-likeness (QED) is 0.197. The molecule has 0 atom stereocenters. The van der Waals surface area contributed by atoms with E-state index >= 15 is 0 Å². The number of benzene rings is 1. The minimum atomic E-state index is -0.401. The van der Waals surface area contributed by atoms with Crippen molar-refractivity contribution in [1.82, 2.24) is 0 Å². The van der Waals surface area contributed by atoms with Crippen LogP contribution in [0.5, 0.6) is 5.75 Å². The van der Waals surface area contributed by atoms with Gasteiger partial charge in [0.15, 0.2) is 0 Å². The van der Waals surface area contributed by atoms with Crippen molar-refractivity contribution in [2.45, 2.75) is 103 Å². The predicted molar refractivity (Wildman–Crippen MR) is 138 cm³/mol. The van der Waals surface area contributed by atoms with Crippen molar-refractivity contribution >= 4 is 5.97 Å². The molecule has 1 aromatic rings. The highest BCUT2D eigenvalue weighted by Crippen LogP contribution is 2.45. The second-order valence-corrected chi connectivity index (χ2v) is 10.7. The van der Waals surface area contributed by atoms with E-state index in [9.17, 15) is 9.90 Å². The van der Waals surface area contributed by atoms with Crippen molar-refractivity contribution < 1.29 is 19.4 Å². The summed E-state index contributed by atoms with van der Waals surface area (Å²) in [6.45, 7) is 7.89. The fourth-order valence-corrected chi connectivity index (χ4v) is 6.05. The number of ether oxygens (including phenoxy) is 2. The molecule has 2 fully saturated rings. The monoisotopic (exact) mass is 470 g/mol. The van der Waals surface area contributed by atoms with Crippen molar-refractivity contribution in [2.24, 2.45) is 17.8 Å². The number of aliphatic hydroxyl groups is 1. The van der Waals surface area contributed by atoms with Crippen LogP contribution in [0.15, 0.2) is 30.4 Å². The predicted octanol–water partition coefficient (Wildman–Crippen LogP) is 7.34. The second-order valence-electron chi connectivity index (χ2n) is 10.7. The lowest BCUT2D eigenvalue weighted by Crippen LogP contribution is -2.25. The zero-order valence-electron chi connectivity index (χ0n) is 21.5. The molecule has 1 aromatic carbocycles. The zero-order chi connectivity index (χ0) is 24.3. The minimum absolute atomic E-state index is 0.0605. The minimum Gasteiger partial charge on any atom is -0.490 e. The Morgan fingerprint density at radius 2 is 1.68 bits per heavy atom. The van der Waals surface area contributed by atoms with E-state index in [1.807, 2.05) is 6.07 Å². The smallest absolute Gasteiger partial charge is 0.333 e. The normalized spacial score (nSPS) is 25.0. The van der Waals surface area contributed by atoms with Crippen LogP contribution in [-0.4, -0.2) is 24.3 Å². The summed E-state index contributed by atoms with van der Waals surface area (Å²) in [5.41, 5.74) is 2.47. The number of aliphatic hydroxyl groups excluding tert-OH is 1. The molecule has 0 heterocycles. The maximum atomic E-state index is 11.5. The van der Waals surface area contributed by atoms with Crippen molar-refractivity contribution in [1.29, 1.82) is 0 Å². The Morgan fingerprint density at radius 3 is 2.29 bits per heavy atom. The number of carbonyl (C=O) groups excluding carboxylic acids is 1. The Labute approximate surface area is 207 Å². The third-order valence-corrected chi connectivity index (χ3v) is 8.20. The largest absolute Gasteiger partial charge is 0.490 e. The summed E-state index contributed by atoms with van der Waals surface area (Å²) in [4.78, 5) is 11.5. The fourth-order valence-electron chi connectivity index (χ4n) is 6.05. The van der Waals surface area contributed by atoms with E-state index in [4.69, 9.17) is 9.47 Å². The van der Waals surface area contributed by atoms with Gasteiger partial charge >= 0.3 is 5.97 Å². The molecule has 190 valence electrons. The number of rotatable bonds is 12. The Bertz CT molecular complexity index is 770. The molecule has 0 unspecified atom stereocenters. The van der Waals surface area contributed by atoms with E-state index in [1.165, 1.54) is 82.6 Å². The highest BCUT2D eigenvalue weighted by Gasteiger charge is 2.31. The number of esters is 1. The number of hydrogen-bond acceptors (Lipinski definition) is 4. The maximum absolute atomic E-state index is 11.5. The summed E-state index contributed by atoms with van der Waals surface area (Å²) in [6, 6.07) is 6.24. The molecule has 0 radical (unpaired) electrons. The highest BCUT2D eigenvalue weighted by molar-refractivity contribution is 5.86. The fraction of sp³-hybridized carbons (Fsp3) is 0.700. The first-order valence-corrected chi connectivity index (χ1v) is 13.7. The van der Waals surface area contributed by atoms with E-state index < -0.39 is 5.97 Å². The average Bonchev–Trinajstić information content (AvgIpc) is 2.87. The van der Waals surface area contributed by atoms with E-state index in [0.717, 1.165) is 23.3 Å². The molecule has 2 saturated carbocycles. The Kier molecular flexibility index (Phi) is 11.0. The Balaban J connectivity index is 1.46.